The lowest BCUT2D eigenvalue weighted by Gasteiger charge is -1.97. The quantitative estimate of drug-likeness (QED) is 0.802. The maximum Gasteiger partial charge on any atom is 0.262 e. The molecule has 0 bridgehead atoms. The Morgan fingerprint density at radius 3 is 2.47 bits per heavy atom. The van der Waals surface area contributed by atoms with E-state index in [2.05, 4.69) is 4.37 Å². The van der Waals surface area contributed by atoms with Gasteiger partial charge in [0.1, 0.15) is 10.6 Å². The van der Waals surface area contributed by atoms with Gasteiger partial charge in [-0.1, -0.05) is 30.3 Å². The van der Waals surface area contributed by atoms with Crippen LogP contribution in [0.5, 0.6) is 0 Å². The van der Waals surface area contributed by atoms with Gasteiger partial charge in [0.25, 0.3) is 5.91 Å². The minimum Gasteiger partial charge on any atom is -0.396 e. The third kappa shape index (κ3) is 1.69. The van der Waals surface area contributed by atoms with Crippen molar-refractivity contribution in [3.8, 4) is 11.3 Å². The number of carbonyl (C=O) groups is 1. The Bertz CT molecular complexity index is 493. The number of rotatable bonds is 2. The van der Waals surface area contributed by atoms with Crippen LogP contribution in [-0.4, -0.2) is 10.3 Å². The number of carbonyl (C=O) groups excluding carboxylic acids is 1. The molecular weight excluding hydrogens is 210 g/mol. The molecule has 4 N–H and O–H groups in total. The van der Waals surface area contributed by atoms with E-state index in [1.165, 1.54) is 0 Å². The van der Waals surface area contributed by atoms with Gasteiger partial charge in [-0.3, -0.25) is 4.79 Å². The summed E-state index contributed by atoms with van der Waals surface area (Å²) >= 11 is 1.03. The molecule has 5 heteroatoms. The topological polar surface area (TPSA) is 82.0 Å². The SMILES string of the molecule is NC(=O)c1snc(-c2ccccc2)c1N. The van der Waals surface area contributed by atoms with E-state index in [1.807, 2.05) is 30.3 Å². The van der Waals surface area contributed by atoms with E-state index in [1.54, 1.807) is 0 Å². The van der Waals surface area contributed by atoms with E-state index in [0.29, 0.717) is 16.3 Å². The van der Waals surface area contributed by atoms with E-state index in [4.69, 9.17) is 11.5 Å². The Hall–Kier alpha value is -1.88. The molecule has 0 spiro atoms. The molecule has 2 aromatic rings. The number of hydrogen-bond donors (Lipinski definition) is 2. The molecule has 1 aromatic heterocycles. The first kappa shape index (κ1) is 9.67. The molecule has 0 radical (unpaired) electrons. The summed E-state index contributed by atoms with van der Waals surface area (Å²) < 4.78 is 4.12. The third-order valence-corrected chi connectivity index (χ3v) is 2.88. The number of nitrogens with zero attached hydrogens (tertiary/aromatic N) is 1. The first-order valence-electron chi connectivity index (χ1n) is 4.30. The average molecular weight is 219 g/mol. The highest BCUT2D eigenvalue weighted by Gasteiger charge is 2.15. The van der Waals surface area contributed by atoms with Crippen LogP contribution in [0.25, 0.3) is 11.3 Å². The summed E-state index contributed by atoms with van der Waals surface area (Å²) in [4.78, 5) is 11.3. The fourth-order valence-corrected chi connectivity index (χ4v) is 1.95. The highest BCUT2D eigenvalue weighted by Crippen LogP contribution is 2.29. The Morgan fingerprint density at radius 1 is 1.27 bits per heavy atom. The molecule has 0 atom stereocenters. The minimum atomic E-state index is -0.535. The molecule has 1 amide bonds. The zero-order chi connectivity index (χ0) is 10.8. The average Bonchev–Trinajstić information content (AvgIpc) is 2.61. The summed E-state index contributed by atoms with van der Waals surface area (Å²) in [6.45, 7) is 0. The van der Waals surface area contributed by atoms with Crippen LogP contribution in [0.3, 0.4) is 0 Å². The van der Waals surface area contributed by atoms with Crippen molar-refractivity contribution >= 4 is 23.1 Å². The van der Waals surface area contributed by atoms with Gasteiger partial charge in [0.05, 0.1) is 5.69 Å². The van der Waals surface area contributed by atoms with E-state index >= 15 is 0 Å². The highest BCUT2D eigenvalue weighted by molar-refractivity contribution is 7.09. The molecule has 0 unspecified atom stereocenters. The van der Waals surface area contributed by atoms with Gasteiger partial charge >= 0.3 is 0 Å². The predicted octanol–water partition coefficient (Wildman–Crippen LogP) is 1.49. The molecule has 4 nitrogen and oxygen atoms in total. The Morgan fingerprint density at radius 2 is 1.93 bits per heavy atom. The fourth-order valence-electron chi connectivity index (χ4n) is 1.28. The van der Waals surface area contributed by atoms with Gasteiger partial charge in [0.2, 0.25) is 0 Å². The predicted molar refractivity (Wildman–Crippen MR) is 60.5 cm³/mol. The molecular formula is C10H9N3OS. The number of anilines is 1. The van der Waals surface area contributed by atoms with E-state index < -0.39 is 5.91 Å². The van der Waals surface area contributed by atoms with Crippen LogP contribution in [0, 0.1) is 0 Å². The first-order valence-corrected chi connectivity index (χ1v) is 5.08. The molecule has 2 rings (SSSR count). The maximum atomic E-state index is 11.0. The van der Waals surface area contributed by atoms with Crippen LogP contribution in [0.2, 0.25) is 0 Å². The molecule has 0 saturated heterocycles. The van der Waals surface area contributed by atoms with Crippen molar-refractivity contribution in [1.29, 1.82) is 0 Å². The van der Waals surface area contributed by atoms with Crippen molar-refractivity contribution in [3.63, 3.8) is 0 Å². The van der Waals surface area contributed by atoms with Gasteiger partial charge < -0.3 is 11.5 Å². The normalized spacial score (nSPS) is 10.1. The second kappa shape index (κ2) is 3.70. The van der Waals surface area contributed by atoms with Gasteiger partial charge in [-0.25, -0.2) is 0 Å². The Balaban J connectivity index is 2.52. The fraction of sp³-hybridized carbons (Fsp3) is 0. The van der Waals surface area contributed by atoms with Crippen molar-refractivity contribution in [2.75, 3.05) is 5.73 Å². The first-order chi connectivity index (χ1) is 7.20. The number of benzene rings is 1. The third-order valence-electron chi connectivity index (χ3n) is 2.00. The van der Waals surface area contributed by atoms with Crippen LogP contribution < -0.4 is 11.5 Å². The van der Waals surface area contributed by atoms with Crippen molar-refractivity contribution in [3.05, 3.63) is 35.2 Å². The van der Waals surface area contributed by atoms with Gasteiger partial charge in [0.15, 0.2) is 0 Å². The second-order valence-electron chi connectivity index (χ2n) is 3.00. The molecule has 0 aliphatic carbocycles. The number of nitrogens with two attached hydrogens (primary N) is 2. The maximum absolute atomic E-state index is 11.0. The number of amides is 1. The minimum absolute atomic E-state index is 0.314. The van der Waals surface area contributed by atoms with E-state index in [-0.39, 0.29) is 0 Å². The summed E-state index contributed by atoms with van der Waals surface area (Å²) in [5.74, 6) is -0.535. The standard InChI is InChI=1S/C10H9N3OS/c11-7-8(6-4-2-1-3-5-6)13-15-9(7)10(12)14/h1-5H,11H2,(H2,12,14). The largest absolute Gasteiger partial charge is 0.396 e. The smallest absolute Gasteiger partial charge is 0.262 e. The van der Waals surface area contributed by atoms with Crippen LogP contribution in [0.15, 0.2) is 30.3 Å². The zero-order valence-corrected chi connectivity index (χ0v) is 8.62. The lowest BCUT2D eigenvalue weighted by Crippen LogP contribution is -2.10. The molecule has 0 aliphatic rings. The van der Waals surface area contributed by atoms with Crippen molar-refractivity contribution in [2.24, 2.45) is 5.73 Å². The molecule has 1 heterocycles. The molecule has 0 aliphatic heterocycles. The monoisotopic (exact) mass is 219 g/mol. The molecule has 15 heavy (non-hydrogen) atoms. The van der Waals surface area contributed by atoms with E-state index in [0.717, 1.165) is 17.1 Å². The van der Waals surface area contributed by atoms with Crippen LogP contribution in [0.1, 0.15) is 9.67 Å². The van der Waals surface area contributed by atoms with Crippen molar-refractivity contribution in [2.45, 2.75) is 0 Å². The van der Waals surface area contributed by atoms with Crippen molar-refractivity contribution in [1.82, 2.24) is 4.37 Å². The summed E-state index contributed by atoms with van der Waals surface area (Å²) in [6.07, 6.45) is 0. The lowest BCUT2D eigenvalue weighted by molar-refractivity contribution is 0.100. The number of hydrogen-bond acceptors (Lipinski definition) is 4. The number of nitrogen functional groups attached to an aromatic ring is 1. The van der Waals surface area contributed by atoms with Crippen molar-refractivity contribution < 1.29 is 4.79 Å². The van der Waals surface area contributed by atoms with Gasteiger partial charge in [-0.05, 0) is 11.5 Å². The zero-order valence-electron chi connectivity index (χ0n) is 7.81. The number of primary amides is 1. The summed E-state index contributed by atoms with van der Waals surface area (Å²) in [7, 11) is 0. The highest BCUT2D eigenvalue weighted by atomic mass is 32.1. The Kier molecular flexibility index (Phi) is 2.39. The summed E-state index contributed by atoms with van der Waals surface area (Å²) in [6, 6.07) is 9.45. The summed E-state index contributed by atoms with van der Waals surface area (Å²) in [5.41, 5.74) is 12.8. The van der Waals surface area contributed by atoms with Gasteiger partial charge in [-0.15, -0.1) is 0 Å². The second-order valence-corrected chi connectivity index (χ2v) is 3.78. The Labute approximate surface area is 90.7 Å². The molecule has 76 valence electrons. The van der Waals surface area contributed by atoms with Crippen LogP contribution in [0.4, 0.5) is 5.69 Å². The molecule has 0 fully saturated rings. The summed E-state index contributed by atoms with van der Waals surface area (Å²) in [5, 5.41) is 0. The van der Waals surface area contributed by atoms with E-state index in [9.17, 15) is 4.79 Å². The van der Waals surface area contributed by atoms with Gasteiger partial charge in [-0.2, -0.15) is 4.37 Å². The van der Waals surface area contributed by atoms with Crippen LogP contribution >= 0.6 is 11.5 Å². The van der Waals surface area contributed by atoms with Gasteiger partial charge in [0, 0.05) is 5.56 Å². The molecule has 1 aromatic carbocycles. The number of aromatic nitrogens is 1. The lowest BCUT2D eigenvalue weighted by atomic mass is 10.1. The van der Waals surface area contributed by atoms with Crippen LogP contribution in [-0.2, 0) is 0 Å². The molecule has 0 saturated carbocycles.